The Hall–Kier alpha value is -3.21. The largest absolute Gasteiger partial charge is 0.504 e. The summed E-state index contributed by atoms with van der Waals surface area (Å²) in [4.78, 5) is 16.6. The first-order valence-electron chi connectivity index (χ1n) is 7.94. The molecule has 5 heteroatoms. The minimum atomic E-state index is -0.185. The summed E-state index contributed by atoms with van der Waals surface area (Å²) in [5.41, 5.74) is 4.35. The van der Waals surface area contributed by atoms with Crippen molar-refractivity contribution in [1.82, 2.24) is 4.98 Å². The summed E-state index contributed by atoms with van der Waals surface area (Å²) in [7, 11) is 0. The van der Waals surface area contributed by atoms with Gasteiger partial charge in [0, 0.05) is 17.2 Å². The lowest BCUT2D eigenvalue weighted by Gasteiger charge is -2.07. The number of hydrogen-bond acceptors (Lipinski definition) is 4. The minimum Gasteiger partial charge on any atom is -0.504 e. The minimum absolute atomic E-state index is 0.158. The summed E-state index contributed by atoms with van der Waals surface area (Å²) >= 11 is 0. The van der Waals surface area contributed by atoms with Crippen molar-refractivity contribution >= 4 is 5.82 Å². The molecular weight excluding hydrogens is 316 g/mol. The van der Waals surface area contributed by atoms with Crippen LogP contribution in [0.25, 0.3) is 11.1 Å². The summed E-state index contributed by atoms with van der Waals surface area (Å²) in [6.45, 7) is 4.04. The lowest BCUT2D eigenvalue weighted by atomic mass is 10.0. The van der Waals surface area contributed by atoms with E-state index in [1.165, 1.54) is 12.1 Å². The van der Waals surface area contributed by atoms with Crippen molar-refractivity contribution in [2.75, 3.05) is 0 Å². The second kappa shape index (κ2) is 6.73. The molecule has 0 aliphatic rings. The molecule has 5 nitrogen and oxygen atoms in total. The number of phenolic OH excluding ortho intramolecular Hbond substituents is 2. The Kier molecular flexibility index (Phi) is 4.48. The van der Waals surface area contributed by atoms with E-state index in [9.17, 15) is 15.1 Å². The Morgan fingerprint density at radius 3 is 2.36 bits per heavy atom. The highest BCUT2D eigenvalue weighted by molar-refractivity contribution is 5.70. The first-order valence-corrected chi connectivity index (χ1v) is 7.94. The highest BCUT2D eigenvalue weighted by Gasteiger charge is 2.17. The van der Waals surface area contributed by atoms with Gasteiger partial charge in [-0.2, -0.15) is 0 Å². The highest BCUT2D eigenvalue weighted by Crippen LogP contribution is 2.34. The zero-order chi connectivity index (χ0) is 18.0. The highest BCUT2D eigenvalue weighted by atomic mass is 16.3. The molecule has 0 saturated heterocycles. The molecule has 0 atom stereocenters. The molecule has 0 spiro atoms. The molecule has 1 heterocycles. The Morgan fingerprint density at radius 1 is 0.960 bits per heavy atom. The van der Waals surface area contributed by atoms with Gasteiger partial charge >= 0.3 is 5.82 Å². The molecule has 126 valence electrons. The number of rotatable bonds is 4. The third-order valence-electron chi connectivity index (χ3n) is 4.21. The fourth-order valence-electron chi connectivity index (χ4n) is 2.71. The molecule has 0 aliphatic heterocycles. The van der Waals surface area contributed by atoms with Gasteiger partial charge in [-0.15, -0.1) is 0 Å². The van der Waals surface area contributed by atoms with Crippen molar-refractivity contribution in [2.45, 2.75) is 20.4 Å². The van der Waals surface area contributed by atoms with Gasteiger partial charge in [0.25, 0.3) is 0 Å². The van der Waals surface area contributed by atoms with E-state index in [1.807, 2.05) is 38.1 Å². The summed E-state index contributed by atoms with van der Waals surface area (Å²) in [6.07, 6.45) is 1.59. The Morgan fingerprint density at radius 2 is 1.68 bits per heavy atom. The number of hydrogen-bond donors (Lipinski definition) is 2. The first-order chi connectivity index (χ1) is 12.0. The number of nitroso groups, excluding NO2 is 1. The second-order valence-electron chi connectivity index (χ2n) is 6.02. The van der Waals surface area contributed by atoms with E-state index in [0.29, 0.717) is 5.82 Å². The molecule has 0 unspecified atom stereocenters. The maximum atomic E-state index is 12.4. The van der Waals surface area contributed by atoms with E-state index < -0.39 is 0 Å². The second-order valence-corrected chi connectivity index (χ2v) is 6.02. The maximum Gasteiger partial charge on any atom is 0.361 e. The van der Waals surface area contributed by atoms with Gasteiger partial charge in [0.15, 0.2) is 18.0 Å². The van der Waals surface area contributed by atoms with Crippen LogP contribution in [0.5, 0.6) is 11.5 Å². The van der Waals surface area contributed by atoms with Crippen molar-refractivity contribution in [3.05, 3.63) is 76.3 Å². The van der Waals surface area contributed by atoms with Crippen molar-refractivity contribution in [3.63, 3.8) is 0 Å². The van der Waals surface area contributed by atoms with Gasteiger partial charge in [-0.25, -0.2) is 0 Å². The third-order valence-corrected chi connectivity index (χ3v) is 4.21. The van der Waals surface area contributed by atoms with Gasteiger partial charge in [0.1, 0.15) is 6.20 Å². The van der Waals surface area contributed by atoms with Crippen LogP contribution in [0.3, 0.4) is 0 Å². The van der Waals surface area contributed by atoms with E-state index in [-0.39, 0.29) is 18.0 Å². The van der Waals surface area contributed by atoms with Crippen LogP contribution in [-0.2, 0) is 6.54 Å². The molecule has 1 aromatic heterocycles. The molecule has 0 saturated carbocycles. The lowest BCUT2D eigenvalue weighted by Crippen LogP contribution is -2.04. The average molecular weight is 335 g/mol. The van der Waals surface area contributed by atoms with Crippen LogP contribution in [0.2, 0.25) is 0 Å². The monoisotopic (exact) mass is 335 g/mol. The first kappa shape index (κ1) is 16.6. The average Bonchev–Trinajstić information content (AvgIpc) is 2.60. The molecule has 0 radical (unpaired) electrons. The van der Waals surface area contributed by atoms with E-state index in [2.05, 4.69) is 4.98 Å². The summed E-state index contributed by atoms with van der Waals surface area (Å²) < 4.78 is 0.854. The van der Waals surface area contributed by atoms with Crippen LogP contribution in [-0.4, -0.2) is 20.0 Å². The molecule has 25 heavy (non-hydrogen) atoms. The number of benzene rings is 2. The number of phenols is 2. The number of aromatic nitrogens is 1. The standard InChI is InChI=1S/C20H18N2O3/c1-13-5-3-4-6-16(13)12-22(25)20-8-7-15(11-21-20)17-10-19(24)18(23)9-14(17)2/h3-11H,12H2,1-2H3,(H-,21,23,24,25)/p+1. The Labute approximate surface area is 145 Å². The zero-order valence-electron chi connectivity index (χ0n) is 14.1. The number of pyridine rings is 1. The smallest absolute Gasteiger partial charge is 0.361 e. The number of nitrogens with zero attached hydrogens (tertiary/aromatic N) is 2. The molecule has 0 aliphatic carbocycles. The van der Waals surface area contributed by atoms with Crippen molar-refractivity contribution in [1.29, 1.82) is 0 Å². The normalized spacial score (nSPS) is 10.6. The van der Waals surface area contributed by atoms with Crippen molar-refractivity contribution in [3.8, 4) is 22.6 Å². The topological polar surface area (TPSA) is 73.4 Å². The predicted molar refractivity (Wildman–Crippen MR) is 95.9 cm³/mol. The van der Waals surface area contributed by atoms with Gasteiger partial charge in [0.2, 0.25) is 0 Å². The van der Waals surface area contributed by atoms with E-state index in [0.717, 1.165) is 32.6 Å². The molecule has 3 rings (SSSR count). The quantitative estimate of drug-likeness (QED) is 0.548. The van der Waals surface area contributed by atoms with Gasteiger partial charge < -0.3 is 10.2 Å². The van der Waals surface area contributed by atoms with Gasteiger partial charge in [0.05, 0.1) is 0 Å². The Balaban J connectivity index is 1.84. The molecule has 3 aromatic rings. The summed E-state index contributed by atoms with van der Waals surface area (Å²) in [5, 5.41) is 19.2. The van der Waals surface area contributed by atoms with Crippen LogP contribution in [0.4, 0.5) is 5.82 Å². The van der Waals surface area contributed by atoms with Crippen LogP contribution in [0, 0.1) is 18.8 Å². The van der Waals surface area contributed by atoms with Crippen LogP contribution in [0.1, 0.15) is 16.7 Å². The zero-order valence-corrected chi connectivity index (χ0v) is 14.1. The van der Waals surface area contributed by atoms with Crippen LogP contribution >= 0.6 is 0 Å². The SMILES string of the molecule is Cc1ccccc1C[N+](=O)c1ccc(-c2cc(O)c(O)cc2C)cn1. The maximum absolute atomic E-state index is 12.4. The fourth-order valence-corrected chi connectivity index (χ4v) is 2.71. The molecular formula is C20H19N2O3+. The Bertz CT molecular complexity index is 934. The van der Waals surface area contributed by atoms with Crippen LogP contribution < -0.4 is 0 Å². The third kappa shape index (κ3) is 3.50. The predicted octanol–water partition coefficient (Wildman–Crippen LogP) is 4.39. The molecule has 0 fully saturated rings. The molecule has 2 aromatic carbocycles. The van der Waals surface area contributed by atoms with Gasteiger partial charge in [-0.1, -0.05) is 29.2 Å². The number of aromatic hydroxyl groups is 2. The van der Waals surface area contributed by atoms with Crippen LogP contribution in [0.15, 0.2) is 54.7 Å². The summed E-state index contributed by atoms with van der Waals surface area (Å²) in [6, 6.07) is 14.2. The van der Waals surface area contributed by atoms with Gasteiger partial charge in [-0.05, 0) is 58.5 Å². The van der Waals surface area contributed by atoms with E-state index in [4.69, 9.17) is 0 Å². The van der Waals surface area contributed by atoms with E-state index >= 15 is 0 Å². The van der Waals surface area contributed by atoms with Gasteiger partial charge in [-0.3, -0.25) is 0 Å². The molecule has 0 bridgehead atoms. The molecule has 0 amide bonds. The molecule has 2 N–H and O–H groups in total. The van der Waals surface area contributed by atoms with Crippen molar-refractivity contribution < 1.29 is 15.0 Å². The fraction of sp³-hybridized carbons (Fsp3) is 0.150. The van der Waals surface area contributed by atoms with Crippen molar-refractivity contribution in [2.24, 2.45) is 0 Å². The lowest BCUT2D eigenvalue weighted by molar-refractivity contribution is -0.484. The van der Waals surface area contributed by atoms with E-state index in [1.54, 1.807) is 18.3 Å². The number of aryl methyl sites for hydroxylation is 2. The summed E-state index contributed by atoms with van der Waals surface area (Å²) in [5.74, 6) is -0.0165.